The van der Waals surface area contributed by atoms with Crippen molar-refractivity contribution in [3.05, 3.63) is 41.0 Å². The van der Waals surface area contributed by atoms with Crippen LogP contribution in [0.2, 0.25) is 0 Å². The van der Waals surface area contributed by atoms with Crippen molar-refractivity contribution in [2.45, 2.75) is 51.0 Å². The molecule has 25 heavy (non-hydrogen) atoms. The quantitative estimate of drug-likeness (QED) is 0.200. The van der Waals surface area contributed by atoms with E-state index in [4.69, 9.17) is 4.18 Å². The van der Waals surface area contributed by atoms with Gasteiger partial charge in [-0.1, -0.05) is 24.6 Å². The second kappa shape index (κ2) is 7.90. The average Bonchev–Trinajstić information content (AvgIpc) is 2.90. The first kappa shape index (κ1) is 19.7. The molecule has 0 saturated heterocycles. The van der Waals surface area contributed by atoms with Gasteiger partial charge in [-0.15, -0.1) is 4.33 Å². The molecule has 0 heterocycles. The van der Waals surface area contributed by atoms with Crippen LogP contribution in [-0.2, 0) is 15.8 Å². The summed E-state index contributed by atoms with van der Waals surface area (Å²) in [5.74, 6) is 1.61. The zero-order valence-corrected chi connectivity index (χ0v) is 17.4. The maximum Gasteiger partial charge on any atom is 1.00 e. The number of allylic oxidation sites excluding steroid dienone is 2. The number of aliphatic hydroxyl groups is 1. The van der Waals surface area contributed by atoms with Gasteiger partial charge in [0.05, 0.1) is 6.10 Å². The minimum atomic E-state index is -0.165. The fourth-order valence-electron chi connectivity index (χ4n) is 5.03. The summed E-state index contributed by atoms with van der Waals surface area (Å²) in [7, 11) is 0. The second-order valence-electron chi connectivity index (χ2n) is 7.30. The molecule has 0 radical (unpaired) electrons. The Morgan fingerprint density at radius 2 is 2.12 bits per heavy atom. The minimum absolute atomic E-state index is 0. The van der Waals surface area contributed by atoms with Crippen molar-refractivity contribution in [3.8, 4) is 5.75 Å². The predicted octanol–water partition coefficient (Wildman–Crippen LogP) is -0.00680. The molecule has 130 valence electrons. The number of rotatable bonds is 4. The fourth-order valence-corrected chi connectivity index (χ4v) is 5.26. The molecule has 1 aromatic rings. The summed E-state index contributed by atoms with van der Waals surface area (Å²) in [4.78, 5) is 0. The Hall–Kier alpha value is -0.0500. The Bertz CT molecular complexity index is 667. The van der Waals surface area contributed by atoms with Gasteiger partial charge in [0.1, 0.15) is 5.75 Å². The second-order valence-corrected chi connectivity index (χ2v) is 7.74. The van der Waals surface area contributed by atoms with E-state index in [1.165, 1.54) is 16.7 Å². The van der Waals surface area contributed by atoms with Crippen molar-refractivity contribution in [1.29, 1.82) is 0 Å². The van der Waals surface area contributed by atoms with Crippen molar-refractivity contribution in [3.63, 3.8) is 0 Å². The number of fused-ring (bicyclic) bond motifs is 5. The third-order valence-corrected chi connectivity index (χ3v) is 6.67. The molecular formula is C18H21NaO5S. The third kappa shape index (κ3) is 3.44. The summed E-state index contributed by atoms with van der Waals surface area (Å²) in [6.45, 7) is 2.26. The van der Waals surface area contributed by atoms with Gasteiger partial charge >= 0.3 is 29.6 Å². The molecule has 1 aromatic carbocycles. The van der Waals surface area contributed by atoms with E-state index in [1.807, 2.05) is 12.1 Å². The predicted molar refractivity (Wildman–Crippen MR) is 87.4 cm³/mol. The normalized spacial score (nSPS) is 32.8. The summed E-state index contributed by atoms with van der Waals surface area (Å²) in [5, 5.41) is 23.5. The zero-order valence-electron chi connectivity index (χ0n) is 14.6. The topological polar surface area (TPSA) is 71.0 Å². The van der Waals surface area contributed by atoms with E-state index >= 15 is 0 Å². The van der Waals surface area contributed by atoms with Crippen LogP contribution in [0.3, 0.4) is 0 Å². The molecule has 0 spiro atoms. The smallest absolute Gasteiger partial charge is 0.691 e. The summed E-state index contributed by atoms with van der Waals surface area (Å²) < 4.78 is 9.40. The average molecular weight is 372 g/mol. The number of hydrogen-bond donors (Lipinski definition) is 1. The Morgan fingerprint density at radius 1 is 1.28 bits per heavy atom. The van der Waals surface area contributed by atoms with Gasteiger partial charge in [0, 0.05) is 11.3 Å². The van der Waals surface area contributed by atoms with Crippen LogP contribution in [0.1, 0.15) is 49.7 Å². The van der Waals surface area contributed by atoms with Gasteiger partial charge in [-0.2, -0.15) is 0 Å². The van der Waals surface area contributed by atoms with E-state index in [1.54, 1.807) is 0 Å². The maximum atomic E-state index is 10.4. The molecule has 0 amide bonds. The van der Waals surface area contributed by atoms with Crippen LogP contribution in [0.5, 0.6) is 5.75 Å². The van der Waals surface area contributed by atoms with E-state index in [9.17, 15) is 10.4 Å². The monoisotopic (exact) mass is 372 g/mol. The van der Waals surface area contributed by atoms with Gasteiger partial charge in [0.25, 0.3) is 12.3 Å². The van der Waals surface area contributed by atoms with Crippen molar-refractivity contribution in [2.75, 3.05) is 0 Å². The summed E-state index contributed by atoms with van der Waals surface area (Å²) >= 11 is 0.514. The summed E-state index contributed by atoms with van der Waals surface area (Å²) in [6.07, 6.45) is 7.26. The summed E-state index contributed by atoms with van der Waals surface area (Å²) in [6, 6.07) is 6.02. The van der Waals surface area contributed by atoms with E-state index in [2.05, 4.69) is 28.4 Å². The molecule has 4 rings (SSSR count). The van der Waals surface area contributed by atoms with E-state index in [0.717, 1.165) is 32.1 Å². The number of hydrogen-bond acceptors (Lipinski definition) is 6. The van der Waals surface area contributed by atoms with Gasteiger partial charge in [-0.25, -0.2) is 0 Å². The Balaban J connectivity index is 0.00000182. The summed E-state index contributed by atoms with van der Waals surface area (Å²) in [5.41, 5.74) is 4.20. The molecule has 3 aliphatic rings. The van der Waals surface area contributed by atoms with E-state index < -0.39 is 0 Å². The first-order valence-corrected chi connectivity index (χ1v) is 9.11. The van der Waals surface area contributed by atoms with Gasteiger partial charge in [0.2, 0.25) is 0 Å². The third-order valence-electron chi connectivity index (χ3n) is 6.30. The SMILES string of the molecule is C[C@]12CCC3C(=CCc4cc(OSOO[O-])ccc43)C1CCC2O.[Na+]. The molecule has 7 heteroatoms. The van der Waals surface area contributed by atoms with Crippen LogP contribution in [0.15, 0.2) is 29.8 Å². The van der Waals surface area contributed by atoms with Crippen molar-refractivity contribution in [2.24, 2.45) is 11.3 Å². The van der Waals surface area contributed by atoms with Crippen LogP contribution in [-0.4, -0.2) is 11.2 Å². The first-order chi connectivity index (χ1) is 11.6. The number of benzene rings is 1. The van der Waals surface area contributed by atoms with Gasteiger partial charge < -0.3 is 14.5 Å². The zero-order chi connectivity index (χ0) is 16.7. The molecule has 1 N–H and O–H groups in total. The van der Waals surface area contributed by atoms with Crippen LogP contribution in [0, 0.1) is 11.3 Å². The largest absolute Gasteiger partial charge is 1.00 e. The molecule has 0 aromatic heterocycles. The molecule has 2 saturated carbocycles. The van der Waals surface area contributed by atoms with Crippen LogP contribution in [0.25, 0.3) is 0 Å². The molecular weight excluding hydrogens is 351 g/mol. The van der Waals surface area contributed by atoms with Crippen LogP contribution < -0.4 is 39.0 Å². The molecule has 3 unspecified atom stereocenters. The minimum Gasteiger partial charge on any atom is -0.691 e. The molecule has 4 atom stereocenters. The molecule has 2 fully saturated rings. The molecule has 0 aliphatic heterocycles. The van der Waals surface area contributed by atoms with Gasteiger partial charge in [-0.3, -0.25) is 5.04 Å². The Labute approximate surface area is 174 Å². The van der Waals surface area contributed by atoms with Crippen LogP contribution >= 0.6 is 12.3 Å². The van der Waals surface area contributed by atoms with Crippen LogP contribution in [0.4, 0.5) is 0 Å². The van der Waals surface area contributed by atoms with Crippen molar-refractivity contribution in [1.82, 2.24) is 0 Å². The standard InChI is InChI=1S/C18H22O5S.Na/c1-18-9-8-14-13-5-3-12(21-24-23-22-20)10-11(13)2-4-15(14)16(18)6-7-17(18)19;/h3-5,10,14,16-17,19-20H,2,6-9H2,1H3;/q;+1/p-1/t14?,16?,17?,18-;/m0./s1. The first-order valence-electron chi connectivity index (χ1n) is 8.44. The van der Waals surface area contributed by atoms with Crippen molar-refractivity contribution >= 4 is 12.3 Å². The molecule has 0 bridgehead atoms. The van der Waals surface area contributed by atoms with Crippen molar-refractivity contribution < 1.29 is 53.5 Å². The van der Waals surface area contributed by atoms with Gasteiger partial charge in [0.15, 0.2) is 0 Å². The van der Waals surface area contributed by atoms with Gasteiger partial charge in [-0.05, 0) is 61.3 Å². The Kier molecular flexibility index (Phi) is 6.23. The maximum absolute atomic E-state index is 10.4. The van der Waals surface area contributed by atoms with E-state index in [0.29, 0.717) is 29.9 Å². The van der Waals surface area contributed by atoms with E-state index in [-0.39, 0.29) is 41.1 Å². The number of aliphatic hydroxyl groups excluding tert-OH is 1. The fraction of sp³-hybridized carbons (Fsp3) is 0.556. The molecule has 3 aliphatic carbocycles. The molecule has 5 nitrogen and oxygen atoms in total. The Morgan fingerprint density at radius 3 is 2.92 bits per heavy atom.